The third-order valence-corrected chi connectivity index (χ3v) is 5.33. The zero-order valence-electron chi connectivity index (χ0n) is 15.1. The normalized spacial score (nSPS) is 13.0. The van der Waals surface area contributed by atoms with Crippen molar-refractivity contribution in [3.63, 3.8) is 0 Å². The maximum Gasteiger partial charge on any atom is 0.269 e. The zero-order valence-corrected chi connectivity index (χ0v) is 15.9. The number of thioether (sulfide) groups is 1. The van der Waals surface area contributed by atoms with Gasteiger partial charge in [-0.15, -0.1) is 11.8 Å². The molecule has 0 unspecified atom stereocenters. The van der Waals surface area contributed by atoms with E-state index in [-0.39, 0.29) is 22.9 Å². The molecule has 0 saturated heterocycles. The number of carbonyl (C=O) groups is 1. The van der Waals surface area contributed by atoms with E-state index in [1.165, 1.54) is 23.4 Å². The molecule has 2 aromatic rings. The molecule has 138 valence electrons. The van der Waals surface area contributed by atoms with Crippen molar-refractivity contribution in [2.45, 2.75) is 38.0 Å². The number of nitrogens with zero attached hydrogens (tertiary/aromatic N) is 1. The minimum Gasteiger partial charge on any atom is -0.353 e. The second-order valence-corrected chi connectivity index (χ2v) is 7.63. The van der Waals surface area contributed by atoms with Crippen molar-refractivity contribution in [2.75, 3.05) is 5.75 Å². The van der Waals surface area contributed by atoms with Crippen molar-refractivity contribution in [2.24, 2.45) is 0 Å². The van der Waals surface area contributed by atoms with Gasteiger partial charge in [0.05, 0.1) is 10.7 Å². The lowest BCUT2D eigenvalue weighted by Crippen LogP contribution is -2.34. The molecule has 5 nitrogen and oxygen atoms in total. The molecule has 2 rings (SSSR count). The Morgan fingerprint density at radius 1 is 1.15 bits per heavy atom. The standard InChI is InChI=1S/C20H24N2O3S/c1-15(11-12-17-7-4-3-5-8-17)21-20(23)14-26-16(2)18-9-6-10-19(13-18)22(24)25/h3-10,13,15-16H,11-12,14H2,1-2H3,(H,21,23)/t15-,16+/m1/s1. The van der Waals surface area contributed by atoms with Gasteiger partial charge in [0.15, 0.2) is 0 Å². The molecule has 0 aromatic heterocycles. The first-order valence-electron chi connectivity index (χ1n) is 8.65. The fourth-order valence-electron chi connectivity index (χ4n) is 2.60. The van der Waals surface area contributed by atoms with Crippen LogP contribution in [0.3, 0.4) is 0 Å². The van der Waals surface area contributed by atoms with Gasteiger partial charge in [0, 0.05) is 23.4 Å². The van der Waals surface area contributed by atoms with Gasteiger partial charge in [-0.1, -0.05) is 42.5 Å². The molecule has 1 N–H and O–H groups in total. The van der Waals surface area contributed by atoms with Gasteiger partial charge in [0.1, 0.15) is 0 Å². The molecule has 26 heavy (non-hydrogen) atoms. The van der Waals surface area contributed by atoms with Crippen LogP contribution in [0.5, 0.6) is 0 Å². The first-order valence-corrected chi connectivity index (χ1v) is 9.70. The molecule has 0 bridgehead atoms. The van der Waals surface area contributed by atoms with Crippen LogP contribution >= 0.6 is 11.8 Å². The highest BCUT2D eigenvalue weighted by molar-refractivity contribution is 8.00. The Kier molecular flexibility index (Phi) is 7.66. The van der Waals surface area contributed by atoms with Crippen LogP contribution in [0.2, 0.25) is 0 Å². The fraction of sp³-hybridized carbons (Fsp3) is 0.350. The summed E-state index contributed by atoms with van der Waals surface area (Å²) >= 11 is 1.48. The quantitative estimate of drug-likeness (QED) is 0.519. The van der Waals surface area contributed by atoms with Crippen LogP contribution in [0.4, 0.5) is 5.69 Å². The molecule has 2 aromatic carbocycles. The summed E-state index contributed by atoms with van der Waals surface area (Å²) in [7, 11) is 0. The minimum atomic E-state index is -0.401. The molecule has 0 heterocycles. The van der Waals surface area contributed by atoms with E-state index in [0.29, 0.717) is 5.75 Å². The average Bonchev–Trinajstić information content (AvgIpc) is 2.65. The number of aryl methyl sites for hydroxylation is 1. The number of non-ortho nitro benzene ring substituents is 1. The summed E-state index contributed by atoms with van der Waals surface area (Å²) in [6.45, 7) is 3.96. The van der Waals surface area contributed by atoms with Crippen molar-refractivity contribution in [1.29, 1.82) is 0 Å². The highest BCUT2D eigenvalue weighted by Gasteiger charge is 2.14. The average molecular weight is 372 g/mol. The summed E-state index contributed by atoms with van der Waals surface area (Å²) in [6.07, 6.45) is 1.82. The highest BCUT2D eigenvalue weighted by Crippen LogP contribution is 2.29. The van der Waals surface area contributed by atoms with E-state index < -0.39 is 4.92 Å². The molecule has 0 spiro atoms. The molecule has 0 saturated carbocycles. The van der Waals surface area contributed by atoms with E-state index in [9.17, 15) is 14.9 Å². The van der Waals surface area contributed by atoms with Crippen molar-refractivity contribution in [1.82, 2.24) is 5.32 Å². The van der Waals surface area contributed by atoms with E-state index in [1.807, 2.05) is 38.1 Å². The SMILES string of the molecule is C[C@H](CCc1ccccc1)NC(=O)CS[C@@H](C)c1cccc([N+](=O)[O-])c1. The van der Waals surface area contributed by atoms with E-state index in [2.05, 4.69) is 17.4 Å². The number of benzene rings is 2. The van der Waals surface area contributed by atoms with Crippen LogP contribution in [0.25, 0.3) is 0 Å². The smallest absolute Gasteiger partial charge is 0.269 e. The van der Waals surface area contributed by atoms with Gasteiger partial charge < -0.3 is 5.32 Å². The number of nitrogens with one attached hydrogen (secondary N) is 1. The van der Waals surface area contributed by atoms with Crippen molar-refractivity contribution in [3.8, 4) is 0 Å². The summed E-state index contributed by atoms with van der Waals surface area (Å²) in [5.41, 5.74) is 2.20. The Morgan fingerprint density at radius 3 is 2.58 bits per heavy atom. The van der Waals surface area contributed by atoms with Crippen LogP contribution in [0, 0.1) is 10.1 Å². The number of amides is 1. The second-order valence-electron chi connectivity index (χ2n) is 6.30. The van der Waals surface area contributed by atoms with E-state index >= 15 is 0 Å². The van der Waals surface area contributed by atoms with E-state index in [4.69, 9.17) is 0 Å². The predicted octanol–water partition coefficient (Wildman–Crippen LogP) is 4.53. The molecule has 6 heteroatoms. The maximum atomic E-state index is 12.1. The lowest BCUT2D eigenvalue weighted by Gasteiger charge is -2.15. The summed E-state index contributed by atoms with van der Waals surface area (Å²) in [4.78, 5) is 22.6. The summed E-state index contributed by atoms with van der Waals surface area (Å²) in [6, 6.07) is 16.9. The molecule has 0 aliphatic carbocycles. The summed E-state index contributed by atoms with van der Waals surface area (Å²) in [5.74, 6) is 0.326. The minimum absolute atomic E-state index is 0.00663. The number of nitro groups is 1. The topological polar surface area (TPSA) is 72.2 Å². The third-order valence-electron chi connectivity index (χ3n) is 4.13. The Bertz CT molecular complexity index is 737. The van der Waals surface area contributed by atoms with Gasteiger partial charge >= 0.3 is 0 Å². The van der Waals surface area contributed by atoms with Crippen LogP contribution in [0.15, 0.2) is 54.6 Å². The number of nitro benzene ring substituents is 1. The van der Waals surface area contributed by atoms with Crippen molar-refractivity contribution < 1.29 is 9.72 Å². The third kappa shape index (κ3) is 6.52. The Hall–Kier alpha value is -2.34. The number of hydrogen-bond acceptors (Lipinski definition) is 4. The molecule has 0 aliphatic rings. The lowest BCUT2D eigenvalue weighted by molar-refractivity contribution is -0.384. The zero-order chi connectivity index (χ0) is 18.9. The van der Waals surface area contributed by atoms with Crippen molar-refractivity contribution >= 4 is 23.4 Å². The maximum absolute atomic E-state index is 12.1. The van der Waals surface area contributed by atoms with Gasteiger partial charge in [-0.25, -0.2) is 0 Å². The lowest BCUT2D eigenvalue weighted by atomic mass is 10.1. The Balaban J connectivity index is 1.75. The molecule has 1 amide bonds. The molecule has 2 atom stereocenters. The van der Waals surface area contributed by atoms with E-state index in [0.717, 1.165) is 18.4 Å². The molecule has 0 radical (unpaired) electrons. The van der Waals surface area contributed by atoms with Gasteiger partial charge in [-0.3, -0.25) is 14.9 Å². The van der Waals surface area contributed by atoms with Crippen LogP contribution in [-0.4, -0.2) is 22.6 Å². The van der Waals surface area contributed by atoms with Gasteiger partial charge in [-0.2, -0.15) is 0 Å². The first kappa shape index (κ1) is 20.0. The predicted molar refractivity (Wildman–Crippen MR) is 106 cm³/mol. The largest absolute Gasteiger partial charge is 0.353 e. The summed E-state index contributed by atoms with van der Waals surface area (Å²) in [5, 5.41) is 13.9. The first-order chi connectivity index (χ1) is 12.5. The fourth-order valence-corrected chi connectivity index (χ4v) is 3.43. The number of carbonyl (C=O) groups excluding carboxylic acids is 1. The number of hydrogen-bond donors (Lipinski definition) is 1. The second kappa shape index (κ2) is 9.97. The van der Waals surface area contributed by atoms with Gasteiger partial charge in [-0.05, 0) is 37.8 Å². The Labute approximate surface area is 158 Å². The molecular formula is C20H24N2O3S. The molecular weight excluding hydrogens is 348 g/mol. The Morgan fingerprint density at radius 2 is 1.88 bits per heavy atom. The highest BCUT2D eigenvalue weighted by atomic mass is 32.2. The van der Waals surface area contributed by atoms with Crippen LogP contribution < -0.4 is 5.32 Å². The van der Waals surface area contributed by atoms with Gasteiger partial charge in [0.2, 0.25) is 5.91 Å². The molecule has 0 aliphatic heterocycles. The molecule has 0 fully saturated rings. The van der Waals surface area contributed by atoms with Gasteiger partial charge in [0.25, 0.3) is 5.69 Å². The van der Waals surface area contributed by atoms with Crippen LogP contribution in [-0.2, 0) is 11.2 Å². The monoisotopic (exact) mass is 372 g/mol. The number of rotatable bonds is 9. The van der Waals surface area contributed by atoms with E-state index in [1.54, 1.807) is 12.1 Å². The van der Waals surface area contributed by atoms with Crippen molar-refractivity contribution in [3.05, 3.63) is 75.8 Å². The van der Waals surface area contributed by atoms with Crippen LogP contribution in [0.1, 0.15) is 36.6 Å². The summed E-state index contributed by atoms with van der Waals surface area (Å²) < 4.78 is 0.